The smallest absolute Gasteiger partial charge is 0.258 e. The van der Waals surface area contributed by atoms with Gasteiger partial charge in [-0.15, -0.1) is 0 Å². The summed E-state index contributed by atoms with van der Waals surface area (Å²) in [5.41, 5.74) is 0.310. The van der Waals surface area contributed by atoms with Crippen molar-refractivity contribution >= 4 is 5.91 Å². The zero-order valence-corrected chi connectivity index (χ0v) is 12.9. The van der Waals surface area contributed by atoms with Crippen molar-refractivity contribution in [3.63, 3.8) is 0 Å². The Kier molecular flexibility index (Phi) is 5.07. The lowest BCUT2D eigenvalue weighted by molar-refractivity contribution is 0.0572. The van der Waals surface area contributed by atoms with Crippen LogP contribution >= 0.6 is 0 Å². The third-order valence-corrected chi connectivity index (χ3v) is 4.17. The summed E-state index contributed by atoms with van der Waals surface area (Å²) in [7, 11) is 1.48. The van der Waals surface area contributed by atoms with E-state index in [1.165, 1.54) is 7.11 Å². The largest absolute Gasteiger partial charge is 0.504 e. The van der Waals surface area contributed by atoms with Crippen molar-refractivity contribution in [2.45, 2.75) is 38.8 Å². The highest BCUT2D eigenvalue weighted by Crippen LogP contribution is 2.31. The van der Waals surface area contributed by atoms with Crippen molar-refractivity contribution in [1.82, 2.24) is 10.2 Å². The van der Waals surface area contributed by atoms with Crippen molar-refractivity contribution in [2.24, 2.45) is 0 Å². The first-order chi connectivity index (χ1) is 10.1. The van der Waals surface area contributed by atoms with Gasteiger partial charge in [0.15, 0.2) is 11.5 Å². The number of benzene rings is 1. The Bertz CT molecular complexity index is 504. The number of aromatic hydroxyl groups is 1. The lowest BCUT2D eigenvalue weighted by atomic mass is 10.0. The number of nitrogens with one attached hydrogen (secondary N) is 1. The van der Waals surface area contributed by atoms with E-state index >= 15 is 0 Å². The van der Waals surface area contributed by atoms with E-state index in [0.29, 0.717) is 23.9 Å². The molecule has 0 saturated carbocycles. The number of carbonyl (C=O) groups excluding carboxylic acids is 1. The molecule has 21 heavy (non-hydrogen) atoms. The number of amides is 1. The maximum Gasteiger partial charge on any atom is 0.258 e. The Morgan fingerprint density at radius 3 is 2.81 bits per heavy atom. The SMILES string of the molecule is CCC1CN(C(=O)c2cccc(OC)c2O)C(CC)CN1. The molecule has 1 aromatic rings. The van der Waals surface area contributed by atoms with E-state index in [4.69, 9.17) is 4.74 Å². The number of methoxy groups -OCH3 is 1. The van der Waals surface area contributed by atoms with Crippen LogP contribution in [0.3, 0.4) is 0 Å². The summed E-state index contributed by atoms with van der Waals surface area (Å²) >= 11 is 0. The predicted molar refractivity (Wildman–Crippen MR) is 81.9 cm³/mol. The molecule has 0 aliphatic carbocycles. The van der Waals surface area contributed by atoms with Gasteiger partial charge >= 0.3 is 0 Å². The van der Waals surface area contributed by atoms with E-state index < -0.39 is 0 Å². The number of carbonyl (C=O) groups is 1. The summed E-state index contributed by atoms with van der Waals surface area (Å²) in [5.74, 6) is 0.126. The summed E-state index contributed by atoms with van der Waals surface area (Å²) < 4.78 is 5.09. The fraction of sp³-hybridized carbons (Fsp3) is 0.562. The Morgan fingerprint density at radius 2 is 2.19 bits per heavy atom. The summed E-state index contributed by atoms with van der Waals surface area (Å²) in [6, 6.07) is 5.49. The van der Waals surface area contributed by atoms with Gasteiger partial charge in [-0.25, -0.2) is 0 Å². The molecule has 2 atom stereocenters. The van der Waals surface area contributed by atoms with E-state index in [0.717, 1.165) is 19.4 Å². The highest BCUT2D eigenvalue weighted by atomic mass is 16.5. The Hall–Kier alpha value is -1.75. The van der Waals surface area contributed by atoms with Gasteiger partial charge in [0, 0.05) is 25.2 Å². The molecule has 0 aromatic heterocycles. The molecule has 1 fully saturated rings. The molecule has 116 valence electrons. The summed E-state index contributed by atoms with van der Waals surface area (Å²) in [5, 5.41) is 13.6. The number of phenols is 1. The first-order valence-electron chi connectivity index (χ1n) is 7.52. The molecule has 1 heterocycles. The molecule has 0 spiro atoms. The average molecular weight is 292 g/mol. The van der Waals surface area contributed by atoms with Gasteiger partial charge in [-0.1, -0.05) is 19.9 Å². The van der Waals surface area contributed by atoms with Crippen LogP contribution in [0.5, 0.6) is 11.5 Å². The maximum atomic E-state index is 12.8. The minimum atomic E-state index is -0.127. The van der Waals surface area contributed by atoms with Gasteiger partial charge in [0.2, 0.25) is 0 Å². The highest BCUT2D eigenvalue weighted by molar-refractivity contribution is 5.98. The second kappa shape index (κ2) is 6.80. The van der Waals surface area contributed by atoms with Gasteiger partial charge in [-0.2, -0.15) is 0 Å². The zero-order chi connectivity index (χ0) is 15.4. The van der Waals surface area contributed by atoms with Crippen molar-refractivity contribution in [2.75, 3.05) is 20.2 Å². The molecule has 0 radical (unpaired) electrons. The monoisotopic (exact) mass is 292 g/mol. The molecular weight excluding hydrogens is 268 g/mol. The number of phenolic OH excluding ortho intramolecular Hbond substituents is 1. The van der Waals surface area contributed by atoms with Gasteiger partial charge < -0.3 is 20.1 Å². The molecular formula is C16H24N2O3. The van der Waals surface area contributed by atoms with Gasteiger partial charge in [0.05, 0.1) is 12.7 Å². The minimum Gasteiger partial charge on any atom is -0.504 e. The van der Waals surface area contributed by atoms with E-state index in [-0.39, 0.29) is 17.7 Å². The van der Waals surface area contributed by atoms with Gasteiger partial charge in [-0.3, -0.25) is 4.79 Å². The van der Waals surface area contributed by atoms with Crippen molar-refractivity contribution < 1.29 is 14.6 Å². The normalized spacial score (nSPS) is 22.1. The Morgan fingerprint density at radius 1 is 1.43 bits per heavy atom. The number of hydrogen-bond donors (Lipinski definition) is 2. The minimum absolute atomic E-state index is 0.0774. The van der Waals surface area contributed by atoms with Crippen molar-refractivity contribution in [3.05, 3.63) is 23.8 Å². The van der Waals surface area contributed by atoms with Crippen molar-refractivity contribution in [3.8, 4) is 11.5 Å². The van der Waals surface area contributed by atoms with Crippen molar-refractivity contribution in [1.29, 1.82) is 0 Å². The lowest BCUT2D eigenvalue weighted by Gasteiger charge is -2.40. The van der Waals surface area contributed by atoms with E-state index in [9.17, 15) is 9.90 Å². The van der Waals surface area contributed by atoms with Crippen LogP contribution in [0.2, 0.25) is 0 Å². The standard InChI is InChI=1S/C16H24N2O3/c1-4-11-10-18(12(5-2)9-17-11)16(20)13-7-6-8-14(21-3)15(13)19/h6-8,11-12,17,19H,4-5,9-10H2,1-3H3. The van der Waals surface area contributed by atoms with Crippen LogP contribution in [0, 0.1) is 0 Å². The molecule has 5 heteroatoms. The number of ether oxygens (including phenoxy) is 1. The van der Waals surface area contributed by atoms with Gasteiger partial charge in [0.1, 0.15) is 0 Å². The van der Waals surface area contributed by atoms with Gasteiger partial charge in [0.25, 0.3) is 5.91 Å². The number of para-hydroxylation sites is 1. The molecule has 2 unspecified atom stereocenters. The molecule has 1 saturated heterocycles. The van der Waals surface area contributed by atoms with Crippen LogP contribution in [0.4, 0.5) is 0 Å². The maximum absolute atomic E-state index is 12.8. The molecule has 2 rings (SSSR count). The number of hydrogen-bond acceptors (Lipinski definition) is 4. The second-order valence-electron chi connectivity index (χ2n) is 5.39. The molecule has 5 nitrogen and oxygen atoms in total. The first kappa shape index (κ1) is 15.6. The molecule has 2 N–H and O–H groups in total. The summed E-state index contributed by atoms with van der Waals surface area (Å²) in [6.45, 7) is 5.65. The third kappa shape index (κ3) is 3.13. The second-order valence-corrected chi connectivity index (χ2v) is 5.39. The molecule has 0 bridgehead atoms. The summed E-state index contributed by atoms with van der Waals surface area (Å²) in [6.07, 6.45) is 1.87. The summed E-state index contributed by atoms with van der Waals surface area (Å²) in [4.78, 5) is 14.7. The van der Waals surface area contributed by atoms with Crippen LogP contribution < -0.4 is 10.1 Å². The number of nitrogens with zero attached hydrogens (tertiary/aromatic N) is 1. The van der Waals surface area contributed by atoms with E-state index in [2.05, 4.69) is 19.2 Å². The molecule has 1 amide bonds. The quantitative estimate of drug-likeness (QED) is 0.891. The predicted octanol–water partition coefficient (Wildman–Crippen LogP) is 2.00. The van der Waals surface area contributed by atoms with E-state index in [1.807, 2.05) is 4.90 Å². The number of piperazine rings is 1. The third-order valence-electron chi connectivity index (χ3n) is 4.17. The van der Waals surface area contributed by atoms with Crippen LogP contribution in [0.25, 0.3) is 0 Å². The van der Waals surface area contributed by atoms with Crippen LogP contribution in [-0.4, -0.2) is 48.2 Å². The van der Waals surface area contributed by atoms with Crippen LogP contribution in [0.1, 0.15) is 37.0 Å². The van der Waals surface area contributed by atoms with Crippen LogP contribution in [0.15, 0.2) is 18.2 Å². The van der Waals surface area contributed by atoms with E-state index in [1.54, 1.807) is 18.2 Å². The van der Waals surface area contributed by atoms with Crippen LogP contribution in [-0.2, 0) is 0 Å². The molecule has 1 aromatic carbocycles. The Balaban J connectivity index is 2.28. The molecule has 1 aliphatic heterocycles. The fourth-order valence-corrected chi connectivity index (χ4v) is 2.77. The highest BCUT2D eigenvalue weighted by Gasteiger charge is 2.31. The fourth-order valence-electron chi connectivity index (χ4n) is 2.77. The molecule has 1 aliphatic rings. The lowest BCUT2D eigenvalue weighted by Crippen LogP contribution is -2.57. The topological polar surface area (TPSA) is 61.8 Å². The average Bonchev–Trinajstić information content (AvgIpc) is 2.53. The Labute approximate surface area is 125 Å². The van der Waals surface area contributed by atoms with Gasteiger partial charge in [-0.05, 0) is 25.0 Å². The zero-order valence-electron chi connectivity index (χ0n) is 12.9. The number of rotatable bonds is 4. The first-order valence-corrected chi connectivity index (χ1v) is 7.52.